The Labute approximate surface area is 183 Å². The zero-order chi connectivity index (χ0) is 21.2. The summed E-state index contributed by atoms with van der Waals surface area (Å²) in [6, 6.07) is 19.1. The minimum Gasteiger partial charge on any atom is -0.467 e. The van der Waals surface area contributed by atoms with E-state index < -0.39 is 0 Å². The molecule has 1 aliphatic rings. The fraction of sp³-hybridized carbons (Fsp3) is 0.375. The van der Waals surface area contributed by atoms with Crippen LogP contribution in [0.1, 0.15) is 17.2 Å². The van der Waals surface area contributed by atoms with Crippen LogP contribution in [0.3, 0.4) is 0 Å². The van der Waals surface area contributed by atoms with Crippen LogP contribution in [0.5, 0.6) is 0 Å². The summed E-state index contributed by atoms with van der Waals surface area (Å²) < 4.78 is 9.78. The number of rotatable bonds is 9. The fourth-order valence-corrected chi connectivity index (χ4v) is 3.79. The van der Waals surface area contributed by atoms with Crippen LogP contribution >= 0.6 is 11.6 Å². The lowest BCUT2D eigenvalue weighted by atomic mass is 9.96. The van der Waals surface area contributed by atoms with E-state index in [-0.39, 0.29) is 18.6 Å². The van der Waals surface area contributed by atoms with Crippen molar-refractivity contribution in [1.82, 2.24) is 9.80 Å². The molecule has 0 spiro atoms. The predicted molar refractivity (Wildman–Crippen MR) is 120 cm³/mol. The normalized spacial score (nSPS) is 16.6. The average Bonchev–Trinajstić information content (AvgIpc) is 2.79. The largest absolute Gasteiger partial charge is 0.467 e. The molecule has 0 saturated carbocycles. The minimum atomic E-state index is -0.354. The van der Waals surface area contributed by atoms with Crippen molar-refractivity contribution in [2.24, 2.45) is 0 Å². The van der Waals surface area contributed by atoms with E-state index in [2.05, 4.69) is 63.1 Å². The second kappa shape index (κ2) is 11.9. The molecular weight excluding hydrogens is 400 g/mol. The number of hydrogen-bond donors (Lipinski definition) is 0. The highest BCUT2D eigenvalue weighted by Gasteiger charge is 2.25. The summed E-state index contributed by atoms with van der Waals surface area (Å²) in [7, 11) is 1.36. The van der Waals surface area contributed by atoms with E-state index >= 15 is 0 Å². The highest BCUT2D eigenvalue weighted by atomic mass is 35.5. The van der Waals surface area contributed by atoms with Crippen molar-refractivity contribution in [2.45, 2.75) is 6.04 Å². The molecule has 1 atom stereocenters. The van der Waals surface area contributed by atoms with Crippen LogP contribution in [0.15, 0.2) is 66.7 Å². The molecule has 30 heavy (non-hydrogen) atoms. The molecule has 0 aliphatic carbocycles. The van der Waals surface area contributed by atoms with Gasteiger partial charge < -0.3 is 9.47 Å². The molecule has 0 bridgehead atoms. The summed E-state index contributed by atoms with van der Waals surface area (Å²) in [4.78, 5) is 16.0. The SMILES string of the molecule is COC(=O)COCC=CCN1CCN(C(c2ccccc2)c2ccc(Cl)cc2)CC1. The Morgan fingerprint density at radius 3 is 2.33 bits per heavy atom. The van der Waals surface area contributed by atoms with Gasteiger partial charge in [-0.1, -0.05) is 66.2 Å². The summed E-state index contributed by atoms with van der Waals surface area (Å²) in [6.07, 6.45) is 4.05. The second-order valence-electron chi connectivity index (χ2n) is 7.26. The molecule has 6 heteroatoms. The summed E-state index contributed by atoms with van der Waals surface area (Å²) in [6.45, 7) is 5.29. The predicted octanol–water partition coefficient (Wildman–Crippen LogP) is 3.79. The van der Waals surface area contributed by atoms with Crippen molar-refractivity contribution in [3.05, 3.63) is 82.9 Å². The lowest BCUT2D eigenvalue weighted by molar-refractivity contribution is -0.145. The number of benzene rings is 2. The third-order valence-corrected chi connectivity index (χ3v) is 5.52. The molecule has 1 heterocycles. The van der Waals surface area contributed by atoms with E-state index in [1.54, 1.807) is 0 Å². The first kappa shape index (κ1) is 22.5. The van der Waals surface area contributed by atoms with Crippen molar-refractivity contribution in [3.63, 3.8) is 0 Å². The third-order valence-electron chi connectivity index (χ3n) is 5.27. The zero-order valence-corrected chi connectivity index (χ0v) is 18.1. The number of esters is 1. The van der Waals surface area contributed by atoms with Crippen molar-refractivity contribution in [1.29, 1.82) is 0 Å². The van der Waals surface area contributed by atoms with Gasteiger partial charge in [0.2, 0.25) is 0 Å². The molecule has 0 N–H and O–H groups in total. The van der Waals surface area contributed by atoms with Gasteiger partial charge in [0.1, 0.15) is 6.61 Å². The van der Waals surface area contributed by atoms with Crippen molar-refractivity contribution >= 4 is 17.6 Å². The zero-order valence-electron chi connectivity index (χ0n) is 17.4. The summed E-state index contributed by atoms with van der Waals surface area (Å²) in [5.41, 5.74) is 2.57. The first-order valence-corrected chi connectivity index (χ1v) is 10.6. The average molecular weight is 429 g/mol. The molecule has 0 radical (unpaired) electrons. The third kappa shape index (κ3) is 6.67. The van der Waals surface area contributed by atoms with Gasteiger partial charge in [0.25, 0.3) is 0 Å². The van der Waals surface area contributed by atoms with E-state index in [0.717, 1.165) is 37.7 Å². The van der Waals surface area contributed by atoms with E-state index in [9.17, 15) is 4.79 Å². The molecule has 1 aliphatic heterocycles. The fourth-order valence-electron chi connectivity index (χ4n) is 3.66. The van der Waals surface area contributed by atoms with Gasteiger partial charge in [0.05, 0.1) is 19.8 Å². The van der Waals surface area contributed by atoms with E-state index in [1.807, 2.05) is 18.2 Å². The number of hydrogen-bond acceptors (Lipinski definition) is 5. The molecule has 0 aromatic heterocycles. The van der Waals surface area contributed by atoms with Crippen LogP contribution in [-0.4, -0.2) is 68.8 Å². The standard InChI is InChI=1S/C24H29ClN2O3/c1-29-23(28)19-30-18-6-5-13-26-14-16-27(17-15-26)24(20-7-3-2-4-8-20)21-9-11-22(25)12-10-21/h2-12,24H,13-19H2,1H3. The van der Waals surface area contributed by atoms with Gasteiger partial charge in [-0.15, -0.1) is 0 Å². The molecule has 2 aromatic rings. The highest BCUT2D eigenvalue weighted by Crippen LogP contribution is 2.30. The topological polar surface area (TPSA) is 42.0 Å². The smallest absolute Gasteiger partial charge is 0.331 e. The minimum absolute atomic E-state index is 0.00884. The van der Waals surface area contributed by atoms with Gasteiger partial charge in [-0.05, 0) is 23.3 Å². The number of piperazine rings is 1. The van der Waals surface area contributed by atoms with Crippen molar-refractivity contribution in [3.8, 4) is 0 Å². The molecule has 5 nitrogen and oxygen atoms in total. The lowest BCUT2D eigenvalue weighted by Gasteiger charge is -2.39. The maximum Gasteiger partial charge on any atom is 0.331 e. The quantitative estimate of drug-likeness (QED) is 0.345. The number of carbonyl (C=O) groups excluding carboxylic acids is 1. The van der Waals surface area contributed by atoms with Gasteiger partial charge in [-0.3, -0.25) is 9.80 Å². The molecular formula is C24H29ClN2O3. The maximum absolute atomic E-state index is 11.0. The molecule has 1 unspecified atom stereocenters. The van der Waals surface area contributed by atoms with Gasteiger partial charge in [0, 0.05) is 37.7 Å². The van der Waals surface area contributed by atoms with Crippen LogP contribution in [0.2, 0.25) is 5.02 Å². The number of nitrogens with zero attached hydrogens (tertiary/aromatic N) is 2. The van der Waals surface area contributed by atoms with Crippen molar-refractivity contribution < 1.29 is 14.3 Å². The number of carbonyl (C=O) groups is 1. The van der Waals surface area contributed by atoms with Crippen LogP contribution in [0.25, 0.3) is 0 Å². The van der Waals surface area contributed by atoms with Gasteiger partial charge in [-0.25, -0.2) is 4.79 Å². The van der Waals surface area contributed by atoms with E-state index in [0.29, 0.717) is 6.61 Å². The van der Waals surface area contributed by atoms with Crippen LogP contribution in [0, 0.1) is 0 Å². The molecule has 160 valence electrons. The monoisotopic (exact) mass is 428 g/mol. The molecule has 2 aromatic carbocycles. The highest BCUT2D eigenvalue weighted by molar-refractivity contribution is 6.30. The van der Waals surface area contributed by atoms with Crippen LogP contribution in [0.4, 0.5) is 0 Å². The summed E-state index contributed by atoms with van der Waals surface area (Å²) >= 11 is 6.11. The number of ether oxygens (including phenoxy) is 2. The summed E-state index contributed by atoms with van der Waals surface area (Å²) in [5, 5.41) is 0.762. The number of halogens is 1. The Hall–Kier alpha value is -2.18. The maximum atomic E-state index is 11.0. The molecule has 1 fully saturated rings. The molecule has 0 amide bonds. The Balaban J connectivity index is 1.53. The van der Waals surface area contributed by atoms with Crippen molar-refractivity contribution in [2.75, 3.05) is 53.0 Å². The van der Waals surface area contributed by atoms with Gasteiger partial charge in [-0.2, -0.15) is 0 Å². The van der Waals surface area contributed by atoms with Crippen LogP contribution < -0.4 is 0 Å². The summed E-state index contributed by atoms with van der Waals surface area (Å²) in [5.74, 6) is -0.354. The second-order valence-corrected chi connectivity index (χ2v) is 7.70. The van der Waals surface area contributed by atoms with Crippen LogP contribution in [-0.2, 0) is 14.3 Å². The number of methoxy groups -OCH3 is 1. The molecule has 1 saturated heterocycles. The Kier molecular flexibility index (Phi) is 8.90. The van der Waals surface area contributed by atoms with E-state index in [4.69, 9.17) is 16.3 Å². The lowest BCUT2D eigenvalue weighted by Crippen LogP contribution is -2.47. The van der Waals surface area contributed by atoms with E-state index in [1.165, 1.54) is 18.2 Å². The first-order chi connectivity index (χ1) is 14.7. The Bertz CT molecular complexity index is 803. The van der Waals surface area contributed by atoms with Gasteiger partial charge in [0.15, 0.2) is 0 Å². The Morgan fingerprint density at radius 2 is 1.67 bits per heavy atom. The first-order valence-electron chi connectivity index (χ1n) is 10.2. The van der Waals surface area contributed by atoms with Gasteiger partial charge >= 0.3 is 5.97 Å². The molecule has 3 rings (SSSR count). The Morgan fingerprint density at radius 1 is 1.00 bits per heavy atom.